The highest BCUT2D eigenvalue weighted by Crippen LogP contribution is 2.20. The van der Waals surface area contributed by atoms with E-state index in [1.54, 1.807) is 11.3 Å². The van der Waals surface area contributed by atoms with Crippen molar-refractivity contribution in [3.05, 3.63) is 21.3 Å². The number of amides is 1. The zero-order valence-corrected chi connectivity index (χ0v) is 11.5. The number of hydrogen-bond acceptors (Lipinski definition) is 3. The number of carbonyl (C=O) groups excluding carboxylic acids is 1. The Labute approximate surface area is 115 Å². The van der Waals surface area contributed by atoms with Crippen molar-refractivity contribution in [1.82, 2.24) is 5.32 Å². The summed E-state index contributed by atoms with van der Waals surface area (Å²) in [6.07, 6.45) is 2.58. The first kappa shape index (κ1) is 15.0. The van der Waals surface area contributed by atoms with E-state index in [0.717, 1.165) is 4.88 Å². The normalized spacial score (nSPS) is 10.3. The van der Waals surface area contributed by atoms with Crippen LogP contribution in [0.25, 0.3) is 0 Å². The monoisotopic (exact) mass is 289 g/mol. The third-order valence-corrected chi connectivity index (χ3v) is 3.70. The van der Waals surface area contributed by atoms with Gasteiger partial charge in [0.1, 0.15) is 0 Å². The van der Waals surface area contributed by atoms with Crippen LogP contribution in [0.4, 0.5) is 0 Å². The third-order valence-electron chi connectivity index (χ3n) is 2.36. The number of unbranched alkanes of at least 4 members (excludes halogenated alkanes) is 1. The molecule has 1 heterocycles. The Balaban J connectivity index is 2.05. The Kier molecular flexibility index (Phi) is 6.75. The average molecular weight is 290 g/mol. The highest BCUT2D eigenvalue weighted by atomic mass is 35.5. The molecule has 0 saturated carbocycles. The molecule has 0 radical (unpaired) electrons. The van der Waals surface area contributed by atoms with E-state index in [1.807, 2.05) is 11.4 Å². The molecule has 0 aliphatic rings. The fourth-order valence-electron chi connectivity index (χ4n) is 1.44. The van der Waals surface area contributed by atoms with Crippen molar-refractivity contribution >= 4 is 34.8 Å². The SMILES string of the molecule is O=C(O)CCCCNC(=O)CCc1cc(Cl)cs1. The largest absolute Gasteiger partial charge is 0.481 e. The van der Waals surface area contributed by atoms with Crippen LogP contribution in [0.3, 0.4) is 0 Å². The predicted molar refractivity (Wildman–Crippen MR) is 72.1 cm³/mol. The minimum atomic E-state index is -0.795. The van der Waals surface area contributed by atoms with Crippen LogP contribution in [0, 0.1) is 0 Å². The summed E-state index contributed by atoms with van der Waals surface area (Å²) in [6.45, 7) is 0.539. The van der Waals surface area contributed by atoms with Crippen LogP contribution in [-0.4, -0.2) is 23.5 Å². The van der Waals surface area contributed by atoms with Crippen LogP contribution in [0.5, 0.6) is 0 Å². The van der Waals surface area contributed by atoms with E-state index in [0.29, 0.717) is 37.3 Å². The first-order chi connectivity index (χ1) is 8.58. The second kappa shape index (κ2) is 8.11. The lowest BCUT2D eigenvalue weighted by molar-refractivity contribution is -0.137. The summed E-state index contributed by atoms with van der Waals surface area (Å²) in [4.78, 5) is 22.8. The molecular formula is C12H16ClNO3S. The Bertz CT molecular complexity index is 406. The maximum absolute atomic E-state index is 11.5. The fourth-order valence-corrected chi connectivity index (χ4v) is 2.52. The lowest BCUT2D eigenvalue weighted by Crippen LogP contribution is -2.24. The second-order valence-corrected chi connectivity index (χ2v) is 5.36. The second-order valence-electron chi connectivity index (χ2n) is 3.93. The molecule has 18 heavy (non-hydrogen) atoms. The summed E-state index contributed by atoms with van der Waals surface area (Å²) >= 11 is 7.33. The molecule has 100 valence electrons. The molecule has 2 N–H and O–H groups in total. The van der Waals surface area contributed by atoms with Gasteiger partial charge in [-0.2, -0.15) is 0 Å². The van der Waals surface area contributed by atoms with Gasteiger partial charge in [0.05, 0.1) is 5.02 Å². The summed E-state index contributed by atoms with van der Waals surface area (Å²) < 4.78 is 0. The molecule has 0 unspecified atom stereocenters. The topological polar surface area (TPSA) is 66.4 Å². The maximum Gasteiger partial charge on any atom is 0.303 e. The number of thiophene rings is 1. The number of carboxylic acids is 1. The van der Waals surface area contributed by atoms with Gasteiger partial charge in [-0.3, -0.25) is 9.59 Å². The number of rotatable bonds is 8. The Morgan fingerprint density at radius 1 is 1.33 bits per heavy atom. The molecule has 1 amide bonds. The molecular weight excluding hydrogens is 274 g/mol. The van der Waals surface area contributed by atoms with E-state index in [-0.39, 0.29) is 12.3 Å². The van der Waals surface area contributed by atoms with Crippen LogP contribution in [0.1, 0.15) is 30.6 Å². The molecule has 4 nitrogen and oxygen atoms in total. The van der Waals surface area contributed by atoms with Crippen molar-refractivity contribution in [3.63, 3.8) is 0 Å². The molecule has 0 spiro atoms. The number of nitrogens with one attached hydrogen (secondary N) is 1. The number of carbonyl (C=O) groups is 2. The highest BCUT2D eigenvalue weighted by molar-refractivity contribution is 7.10. The van der Waals surface area contributed by atoms with Crippen molar-refractivity contribution in [2.75, 3.05) is 6.54 Å². The summed E-state index contributed by atoms with van der Waals surface area (Å²) in [7, 11) is 0. The molecule has 0 aromatic carbocycles. The number of carboxylic acid groups (broad SMARTS) is 1. The van der Waals surface area contributed by atoms with E-state index < -0.39 is 5.97 Å². The van der Waals surface area contributed by atoms with Crippen molar-refractivity contribution < 1.29 is 14.7 Å². The van der Waals surface area contributed by atoms with Crippen LogP contribution in [0.15, 0.2) is 11.4 Å². The van der Waals surface area contributed by atoms with E-state index in [1.165, 1.54) is 0 Å². The highest BCUT2D eigenvalue weighted by Gasteiger charge is 2.04. The van der Waals surface area contributed by atoms with Gasteiger partial charge >= 0.3 is 5.97 Å². The van der Waals surface area contributed by atoms with E-state index in [2.05, 4.69) is 5.32 Å². The molecule has 0 saturated heterocycles. The lowest BCUT2D eigenvalue weighted by atomic mass is 10.2. The third kappa shape index (κ3) is 6.61. The van der Waals surface area contributed by atoms with Gasteiger partial charge in [0, 0.05) is 29.6 Å². The van der Waals surface area contributed by atoms with Gasteiger partial charge in [-0.15, -0.1) is 11.3 Å². The van der Waals surface area contributed by atoms with Crippen LogP contribution in [0.2, 0.25) is 5.02 Å². The molecule has 0 aliphatic carbocycles. The lowest BCUT2D eigenvalue weighted by Gasteiger charge is -2.03. The van der Waals surface area contributed by atoms with Gasteiger partial charge in [-0.05, 0) is 25.3 Å². The Morgan fingerprint density at radius 3 is 2.72 bits per heavy atom. The standard InChI is InChI=1S/C12H16ClNO3S/c13-9-7-10(18-8-9)4-5-11(15)14-6-2-1-3-12(16)17/h7-8H,1-6H2,(H,14,15)(H,16,17). The number of aryl methyl sites for hydroxylation is 1. The molecule has 0 fully saturated rings. The Hall–Kier alpha value is -1.07. The summed E-state index contributed by atoms with van der Waals surface area (Å²) in [6, 6.07) is 1.87. The minimum absolute atomic E-state index is 0.00477. The van der Waals surface area contributed by atoms with Gasteiger partial charge in [-0.25, -0.2) is 0 Å². The number of aliphatic carboxylic acids is 1. The zero-order valence-electron chi connectivity index (χ0n) is 9.95. The van der Waals surface area contributed by atoms with Crippen molar-refractivity contribution in [2.45, 2.75) is 32.1 Å². The van der Waals surface area contributed by atoms with Crippen LogP contribution < -0.4 is 5.32 Å². The van der Waals surface area contributed by atoms with Gasteiger partial charge in [0.25, 0.3) is 0 Å². The summed E-state index contributed by atoms with van der Waals surface area (Å²) in [5, 5.41) is 13.8. The molecule has 1 rings (SSSR count). The summed E-state index contributed by atoms with van der Waals surface area (Å²) in [5.41, 5.74) is 0. The van der Waals surface area contributed by atoms with E-state index >= 15 is 0 Å². The first-order valence-electron chi connectivity index (χ1n) is 5.79. The van der Waals surface area contributed by atoms with Crippen LogP contribution in [-0.2, 0) is 16.0 Å². The number of hydrogen-bond donors (Lipinski definition) is 2. The zero-order chi connectivity index (χ0) is 13.4. The van der Waals surface area contributed by atoms with Gasteiger partial charge < -0.3 is 10.4 Å². The van der Waals surface area contributed by atoms with Gasteiger partial charge in [0.2, 0.25) is 5.91 Å². The minimum Gasteiger partial charge on any atom is -0.481 e. The van der Waals surface area contributed by atoms with Crippen molar-refractivity contribution in [1.29, 1.82) is 0 Å². The van der Waals surface area contributed by atoms with Gasteiger partial charge in [-0.1, -0.05) is 11.6 Å². The molecule has 1 aromatic rings. The van der Waals surface area contributed by atoms with E-state index in [9.17, 15) is 9.59 Å². The molecule has 0 atom stereocenters. The predicted octanol–water partition coefficient (Wildman–Crippen LogP) is 2.71. The first-order valence-corrected chi connectivity index (χ1v) is 7.05. The van der Waals surface area contributed by atoms with Crippen molar-refractivity contribution in [3.8, 4) is 0 Å². The maximum atomic E-state index is 11.5. The molecule has 1 aromatic heterocycles. The molecule has 6 heteroatoms. The van der Waals surface area contributed by atoms with E-state index in [4.69, 9.17) is 16.7 Å². The smallest absolute Gasteiger partial charge is 0.303 e. The molecule has 0 bridgehead atoms. The Morgan fingerprint density at radius 2 is 2.11 bits per heavy atom. The van der Waals surface area contributed by atoms with Gasteiger partial charge in [0.15, 0.2) is 0 Å². The average Bonchev–Trinajstić information content (AvgIpc) is 2.71. The van der Waals surface area contributed by atoms with Crippen LogP contribution >= 0.6 is 22.9 Å². The fraction of sp³-hybridized carbons (Fsp3) is 0.500. The quantitative estimate of drug-likeness (QED) is 0.723. The number of halogens is 1. The van der Waals surface area contributed by atoms with Crippen molar-refractivity contribution in [2.24, 2.45) is 0 Å². The molecule has 0 aliphatic heterocycles. The summed E-state index contributed by atoms with van der Waals surface area (Å²) in [5.74, 6) is -0.800.